The average molecular weight is 196 g/mol. The smallest absolute Gasteiger partial charge is 0.187 e. The van der Waals surface area contributed by atoms with Crippen molar-refractivity contribution >= 4 is 5.78 Å². The molecule has 2 rings (SSSR count). The van der Waals surface area contributed by atoms with Crippen LogP contribution in [0.15, 0.2) is 12.2 Å². The molecule has 1 aliphatic heterocycles. The molecule has 0 amide bonds. The molecular formula is C11H16O3. The lowest BCUT2D eigenvalue weighted by Crippen LogP contribution is -2.51. The minimum Gasteiger partial charge on any atom is -0.362 e. The molecule has 1 heterocycles. The molecule has 1 atom stereocenters. The molecule has 1 aliphatic carbocycles. The van der Waals surface area contributed by atoms with E-state index in [-0.39, 0.29) is 5.78 Å². The summed E-state index contributed by atoms with van der Waals surface area (Å²) < 4.78 is 5.53. The monoisotopic (exact) mass is 196 g/mol. The molecule has 0 radical (unpaired) electrons. The van der Waals surface area contributed by atoms with E-state index in [9.17, 15) is 9.90 Å². The Kier molecular flexibility index (Phi) is 2.24. The second kappa shape index (κ2) is 3.17. The molecule has 3 nitrogen and oxygen atoms in total. The zero-order valence-electron chi connectivity index (χ0n) is 8.45. The van der Waals surface area contributed by atoms with Crippen molar-refractivity contribution in [3.05, 3.63) is 12.2 Å². The molecule has 0 saturated heterocycles. The van der Waals surface area contributed by atoms with Crippen LogP contribution in [-0.4, -0.2) is 22.3 Å². The fourth-order valence-electron chi connectivity index (χ4n) is 2.33. The van der Waals surface area contributed by atoms with Gasteiger partial charge in [0.2, 0.25) is 0 Å². The first-order valence-electron chi connectivity index (χ1n) is 5.20. The molecule has 2 aliphatic rings. The molecule has 0 bridgehead atoms. The van der Waals surface area contributed by atoms with E-state index in [0.29, 0.717) is 0 Å². The summed E-state index contributed by atoms with van der Waals surface area (Å²) in [6.45, 7) is 1.58. The van der Waals surface area contributed by atoms with Gasteiger partial charge in [0.25, 0.3) is 0 Å². The van der Waals surface area contributed by atoms with Crippen LogP contribution in [0.25, 0.3) is 0 Å². The van der Waals surface area contributed by atoms with Gasteiger partial charge < -0.3 is 9.84 Å². The number of ketones is 1. The molecule has 1 unspecified atom stereocenters. The van der Waals surface area contributed by atoms with Crippen LogP contribution >= 0.6 is 0 Å². The maximum atomic E-state index is 11.7. The third-order valence-corrected chi connectivity index (χ3v) is 3.06. The van der Waals surface area contributed by atoms with Gasteiger partial charge in [0, 0.05) is 0 Å². The summed E-state index contributed by atoms with van der Waals surface area (Å²) in [5.41, 5.74) is -0.726. The molecule has 1 saturated carbocycles. The largest absolute Gasteiger partial charge is 0.362 e. The predicted molar refractivity (Wildman–Crippen MR) is 51.7 cm³/mol. The zero-order chi connectivity index (χ0) is 10.2. The van der Waals surface area contributed by atoms with Crippen LogP contribution < -0.4 is 0 Å². The van der Waals surface area contributed by atoms with Gasteiger partial charge in [0.1, 0.15) is 5.60 Å². The van der Waals surface area contributed by atoms with Crippen molar-refractivity contribution in [2.24, 2.45) is 0 Å². The molecular weight excluding hydrogens is 180 g/mol. The summed E-state index contributed by atoms with van der Waals surface area (Å²) in [6.07, 6.45) is 7.55. The standard InChI is InChI=1S/C11H16O3/c1-10(13)8-5-9(12)11(14-10)6-3-2-4-7-11/h5,8,13H,2-4,6-7H2,1H3. The van der Waals surface area contributed by atoms with Crippen molar-refractivity contribution in [1.29, 1.82) is 0 Å². The highest BCUT2D eigenvalue weighted by atomic mass is 16.6. The quantitative estimate of drug-likeness (QED) is 0.639. The number of hydrogen-bond acceptors (Lipinski definition) is 3. The highest BCUT2D eigenvalue weighted by Crippen LogP contribution is 2.38. The van der Waals surface area contributed by atoms with Crippen LogP contribution in [0.3, 0.4) is 0 Å². The second-order valence-corrected chi connectivity index (χ2v) is 4.41. The van der Waals surface area contributed by atoms with E-state index in [1.54, 1.807) is 6.92 Å². The molecule has 14 heavy (non-hydrogen) atoms. The van der Waals surface area contributed by atoms with E-state index in [2.05, 4.69) is 0 Å². The first kappa shape index (κ1) is 9.87. The highest BCUT2D eigenvalue weighted by molar-refractivity contribution is 5.98. The minimum absolute atomic E-state index is 0.0173. The highest BCUT2D eigenvalue weighted by Gasteiger charge is 2.46. The van der Waals surface area contributed by atoms with Gasteiger partial charge in [-0.05, 0) is 31.9 Å². The first-order chi connectivity index (χ1) is 6.54. The SMILES string of the molecule is CC1(O)C=CC(=O)C2(CCCCC2)O1. The number of rotatable bonds is 0. The lowest BCUT2D eigenvalue weighted by molar-refractivity contribution is -0.235. The van der Waals surface area contributed by atoms with Crippen molar-refractivity contribution in [2.45, 2.75) is 50.4 Å². The number of ether oxygens (including phenoxy) is 1. The summed E-state index contributed by atoms with van der Waals surface area (Å²) in [6, 6.07) is 0. The van der Waals surface area contributed by atoms with Crippen molar-refractivity contribution < 1.29 is 14.6 Å². The van der Waals surface area contributed by atoms with Gasteiger partial charge in [0.15, 0.2) is 11.6 Å². The van der Waals surface area contributed by atoms with E-state index in [1.165, 1.54) is 12.2 Å². The van der Waals surface area contributed by atoms with E-state index in [4.69, 9.17) is 4.74 Å². The summed E-state index contributed by atoms with van der Waals surface area (Å²) in [7, 11) is 0. The topological polar surface area (TPSA) is 46.5 Å². The van der Waals surface area contributed by atoms with Gasteiger partial charge in [-0.3, -0.25) is 4.79 Å². The van der Waals surface area contributed by atoms with Crippen molar-refractivity contribution in [2.75, 3.05) is 0 Å². The van der Waals surface area contributed by atoms with Gasteiger partial charge in [0.05, 0.1) is 0 Å². The van der Waals surface area contributed by atoms with E-state index >= 15 is 0 Å². The van der Waals surface area contributed by atoms with E-state index in [1.807, 2.05) is 0 Å². The van der Waals surface area contributed by atoms with E-state index < -0.39 is 11.4 Å². The van der Waals surface area contributed by atoms with Gasteiger partial charge >= 0.3 is 0 Å². The maximum Gasteiger partial charge on any atom is 0.187 e. The first-order valence-corrected chi connectivity index (χ1v) is 5.20. The third kappa shape index (κ3) is 1.62. The molecule has 78 valence electrons. The Morgan fingerprint density at radius 1 is 1.36 bits per heavy atom. The Hall–Kier alpha value is -0.670. The van der Waals surface area contributed by atoms with Gasteiger partial charge in [-0.15, -0.1) is 0 Å². The fourth-order valence-corrected chi connectivity index (χ4v) is 2.33. The molecule has 3 heteroatoms. The zero-order valence-corrected chi connectivity index (χ0v) is 8.45. The third-order valence-electron chi connectivity index (χ3n) is 3.06. The van der Waals surface area contributed by atoms with Crippen LogP contribution in [0.5, 0.6) is 0 Å². The Morgan fingerprint density at radius 2 is 2.00 bits per heavy atom. The molecule has 0 aromatic heterocycles. The van der Waals surface area contributed by atoms with Gasteiger partial charge in [-0.2, -0.15) is 0 Å². The van der Waals surface area contributed by atoms with Crippen LogP contribution in [0.4, 0.5) is 0 Å². The Balaban J connectivity index is 2.25. The second-order valence-electron chi connectivity index (χ2n) is 4.41. The summed E-state index contributed by atoms with van der Waals surface area (Å²) in [5, 5.41) is 9.75. The molecule has 0 aromatic carbocycles. The van der Waals surface area contributed by atoms with Crippen LogP contribution in [0.2, 0.25) is 0 Å². The van der Waals surface area contributed by atoms with Gasteiger partial charge in [-0.25, -0.2) is 0 Å². The maximum absolute atomic E-state index is 11.7. The summed E-state index contributed by atoms with van der Waals surface area (Å²) in [5.74, 6) is -1.26. The lowest BCUT2D eigenvalue weighted by Gasteiger charge is -2.42. The molecule has 1 fully saturated rings. The Bertz CT molecular complexity index is 272. The number of carbonyl (C=O) groups excluding carboxylic acids is 1. The average Bonchev–Trinajstić information content (AvgIpc) is 2.13. The number of aliphatic hydroxyl groups is 1. The van der Waals surface area contributed by atoms with Crippen molar-refractivity contribution in [3.8, 4) is 0 Å². The predicted octanol–water partition coefficient (Wildman–Crippen LogP) is 1.55. The Labute approximate surface area is 83.8 Å². The fraction of sp³-hybridized carbons (Fsp3) is 0.727. The van der Waals surface area contributed by atoms with E-state index in [0.717, 1.165) is 32.1 Å². The normalized spacial score (nSPS) is 36.3. The number of carbonyl (C=O) groups is 1. The molecule has 1 spiro atoms. The van der Waals surface area contributed by atoms with Crippen LogP contribution in [0.1, 0.15) is 39.0 Å². The number of hydrogen-bond donors (Lipinski definition) is 1. The van der Waals surface area contributed by atoms with Crippen molar-refractivity contribution in [1.82, 2.24) is 0 Å². The Morgan fingerprint density at radius 3 is 2.64 bits per heavy atom. The lowest BCUT2D eigenvalue weighted by atomic mass is 9.79. The molecule has 1 N–H and O–H groups in total. The van der Waals surface area contributed by atoms with Gasteiger partial charge in [-0.1, -0.05) is 19.3 Å². The summed E-state index contributed by atoms with van der Waals surface area (Å²) >= 11 is 0. The summed E-state index contributed by atoms with van der Waals surface area (Å²) in [4.78, 5) is 11.7. The van der Waals surface area contributed by atoms with Crippen molar-refractivity contribution in [3.63, 3.8) is 0 Å². The minimum atomic E-state index is -1.27. The van der Waals surface area contributed by atoms with Crippen LogP contribution in [-0.2, 0) is 9.53 Å². The molecule has 0 aromatic rings. The van der Waals surface area contributed by atoms with Crippen LogP contribution in [0, 0.1) is 0 Å².